The van der Waals surface area contributed by atoms with Gasteiger partial charge in [0.25, 0.3) is 5.69 Å². The monoisotopic (exact) mass is 443 g/mol. The van der Waals surface area contributed by atoms with Crippen LogP contribution in [0.15, 0.2) is 36.4 Å². The molecule has 1 N–H and O–H groups in total. The molecule has 0 aliphatic heterocycles. The lowest BCUT2D eigenvalue weighted by molar-refractivity contribution is -0.384. The number of methoxy groups -OCH3 is 1. The number of hydrogen-bond donors (Lipinski definition) is 1. The molecule has 0 saturated carbocycles. The number of ether oxygens (including phenoxy) is 1. The van der Waals surface area contributed by atoms with Crippen molar-refractivity contribution in [3.8, 4) is 5.75 Å². The largest absolute Gasteiger partial charge is 0.495 e. The molecule has 0 radical (unpaired) electrons. The van der Waals surface area contributed by atoms with Crippen LogP contribution < -0.4 is 14.4 Å². The lowest BCUT2D eigenvalue weighted by Gasteiger charge is -2.30. The van der Waals surface area contributed by atoms with Gasteiger partial charge in [0, 0.05) is 23.9 Å². The van der Waals surface area contributed by atoms with Crippen LogP contribution in [0.5, 0.6) is 5.75 Å². The molecule has 30 heavy (non-hydrogen) atoms. The minimum Gasteiger partial charge on any atom is -0.495 e. The summed E-state index contributed by atoms with van der Waals surface area (Å²) >= 11 is 0. The number of rotatable bonds is 8. The molecule has 0 bridgehead atoms. The zero-order valence-electron chi connectivity index (χ0n) is 16.3. The number of carbonyl (C=O) groups excluding carboxylic acids is 1. The van der Waals surface area contributed by atoms with E-state index >= 15 is 0 Å². The third-order valence-electron chi connectivity index (χ3n) is 4.13. The summed E-state index contributed by atoms with van der Waals surface area (Å²) < 4.78 is 57.5. The molecular weight excluding hydrogens is 424 g/mol. The van der Waals surface area contributed by atoms with Crippen LogP contribution in [0.25, 0.3) is 0 Å². The number of nitro benzene ring substituents is 1. The summed E-state index contributed by atoms with van der Waals surface area (Å²) in [5.41, 5.74) is -0.700. The molecule has 9 nitrogen and oxygen atoms in total. The molecule has 2 rings (SSSR count). The summed E-state index contributed by atoms with van der Waals surface area (Å²) in [6.45, 7) is 1.53. The van der Waals surface area contributed by atoms with Crippen LogP contribution in [0.2, 0.25) is 0 Å². The van der Waals surface area contributed by atoms with Crippen molar-refractivity contribution in [2.45, 2.75) is 19.4 Å². The number of amides is 1. The van der Waals surface area contributed by atoms with Crippen LogP contribution in [0.3, 0.4) is 0 Å². The molecule has 0 saturated heterocycles. The number of carbonyl (C=O) groups is 1. The number of nitrogens with zero attached hydrogens (tertiary/aromatic N) is 2. The van der Waals surface area contributed by atoms with Crippen molar-refractivity contribution in [1.82, 2.24) is 0 Å². The summed E-state index contributed by atoms with van der Waals surface area (Å²) in [6.07, 6.45) is 0.799. The highest BCUT2D eigenvalue weighted by Gasteiger charge is 2.34. The number of hydrogen-bond acceptors (Lipinski definition) is 6. The van der Waals surface area contributed by atoms with Crippen molar-refractivity contribution in [3.05, 3.63) is 58.1 Å². The van der Waals surface area contributed by atoms with Crippen molar-refractivity contribution >= 4 is 33.0 Å². The van der Waals surface area contributed by atoms with Crippen LogP contribution in [0.4, 0.5) is 25.8 Å². The molecular formula is C18H19F2N3O6S. The minimum absolute atomic E-state index is 0.00917. The van der Waals surface area contributed by atoms with E-state index in [1.807, 2.05) is 0 Å². The first-order valence-corrected chi connectivity index (χ1v) is 10.4. The van der Waals surface area contributed by atoms with Gasteiger partial charge >= 0.3 is 0 Å². The van der Waals surface area contributed by atoms with Crippen molar-refractivity contribution in [2.24, 2.45) is 0 Å². The summed E-state index contributed by atoms with van der Waals surface area (Å²) in [5.74, 6) is -3.16. The lowest BCUT2D eigenvalue weighted by Crippen LogP contribution is -2.47. The molecule has 1 amide bonds. The van der Waals surface area contributed by atoms with Gasteiger partial charge in [0.15, 0.2) is 11.6 Å². The Bertz CT molecular complexity index is 1080. The number of anilines is 2. The first-order valence-electron chi connectivity index (χ1n) is 8.57. The second kappa shape index (κ2) is 9.03. The number of nitrogens with one attached hydrogen (secondary N) is 1. The summed E-state index contributed by atoms with van der Waals surface area (Å²) in [7, 11) is -2.88. The Morgan fingerprint density at radius 3 is 2.40 bits per heavy atom. The maximum absolute atomic E-state index is 13.4. The van der Waals surface area contributed by atoms with E-state index in [0.717, 1.165) is 36.6 Å². The zero-order valence-corrected chi connectivity index (χ0v) is 17.1. The van der Waals surface area contributed by atoms with E-state index in [9.17, 15) is 32.1 Å². The highest BCUT2D eigenvalue weighted by molar-refractivity contribution is 7.92. The fraction of sp³-hybridized carbons (Fsp3) is 0.278. The van der Waals surface area contributed by atoms with Gasteiger partial charge in [-0.05, 0) is 24.6 Å². The predicted octanol–water partition coefficient (Wildman–Crippen LogP) is 3.06. The van der Waals surface area contributed by atoms with Crippen LogP contribution in [-0.2, 0) is 14.8 Å². The topological polar surface area (TPSA) is 119 Å². The Hall–Kier alpha value is -3.28. The highest BCUT2D eigenvalue weighted by Crippen LogP contribution is 2.35. The van der Waals surface area contributed by atoms with Gasteiger partial charge in [-0.25, -0.2) is 17.2 Å². The summed E-state index contributed by atoms with van der Waals surface area (Å²) in [5, 5.41) is 13.5. The van der Waals surface area contributed by atoms with E-state index < -0.39 is 44.2 Å². The van der Waals surface area contributed by atoms with Gasteiger partial charge in [-0.1, -0.05) is 6.92 Å². The molecule has 12 heteroatoms. The summed E-state index contributed by atoms with van der Waals surface area (Å²) in [4.78, 5) is 23.2. The van der Waals surface area contributed by atoms with Gasteiger partial charge in [-0.15, -0.1) is 0 Å². The smallest absolute Gasteiger partial charge is 0.271 e. The Morgan fingerprint density at radius 2 is 1.90 bits per heavy atom. The Balaban J connectivity index is 2.54. The number of benzene rings is 2. The second-order valence-electron chi connectivity index (χ2n) is 6.21. The third-order valence-corrected chi connectivity index (χ3v) is 5.29. The minimum atomic E-state index is -4.12. The Kier molecular flexibility index (Phi) is 6.92. The fourth-order valence-corrected chi connectivity index (χ4v) is 4.01. The quantitative estimate of drug-likeness (QED) is 0.495. The molecule has 0 unspecified atom stereocenters. The molecule has 2 aromatic carbocycles. The lowest BCUT2D eigenvalue weighted by atomic mass is 10.1. The van der Waals surface area contributed by atoms with Gasteiger partial charge in [-0.2, -0.15) is 0 Å². The first-order chi connectivity index (χ1) is 14.0. The van der Waals surface area contributed by atoms with E-state index in [2.05, 4.69) is 5.32 Å². The van der Waals surface area contributed by atoms with Gasteiger partial charge in [0.2, 0.25) is 15.9 Å². The second-order valence-corrected chi connectivity index (χ2v) is 8.07. The number of non-ortho nitro benzene ring substituents is 1. The van der Waals surface area contributed by atoms with Crippen LogP contribution in [0, 0.1) is 21.7 Å². The molecule has 0 aromatic heterocycles. The fourth-order valence-electron chi connectivity index (χ4n) is 2.80. The molecule has 0 fully saturated rings. The van der Waals surface area contributed by atoms with E-state index in [0.29, 0.717) is 4.31 Å². The number of nitro groups is 1. The molecule has 0 heterocycles. The normalized spacial score (nSPS) is 12.2. The Labute approximate surface area is 171 Å². The maximum Gasteiger partial charge on any atom is 0.271 e. The van der Waals surface area contributed by atoms with Crippen molar-refractivity contribution in [1.29, 1.82) is 0 Å². The van der Waals surface area contributed by atoms with Crippen LogP contribution in [-0.4, -0.2) is 38.7 Å². The SMILES string of the molecule is CC[C@@H](C(=O)Nc1ccc(F)c(F)c1)N(c1cc([N+](=O)[O-])ccc1OC)S(C)(=O)=O. The van der Waals surface area contributed by atoms with Gasteiger partial charge in [0.05, 0.1) is 18.3 Å². The number of halogens is 2. The van der Waals surface area contributed by atoms with Crippen molar-refractivity contribution < 1.29 is 31.7 Å². The average Bonchev–Trinajstić information content (AvgIpc) is 2.67. The Morgan fingerprint density at radius 1 is 1.23 bits per heavy atom. The first kappa shape index (κ1) is 23.0. The molecule has 2 aromatic rings. The molecule has 0 spiro atoms. The standard InChI is InChI=1S/C18H19F2N3O6S/c1-4-15(18(24)21-11-5-7-13(19)14(20)9-11)22(30(3,27)28)16-10-12(23(25)26)6-8-17(16)29-2/h5-10,15H,4H2,1-3H3,(H,21,24)/t15-/m0/s1. The third kappa shape index (κ3) is 5.00. The summed E-state index contributed by atoms with van der Waals surface area (Å²) in [6, 6.07) is 4.64. The van der Waals surface area contributed by atoms with Gasteiger partial charge in [-0.3, -0.25) is 19.2 Å². The maximum atomic E-state index is 13.4. The van der Waals surface area contributed by atoms with E-state index in [-0.39, 0.29) is 23.5 Å². The number of sulfonamides is 1. The van der Waals surface area contributed by atoms with E-state index in [1.165, 1.54) is 20.1 Å². The predicted molar refractivity (Wildman–Crippen MR) is 106 cm³/mol. The molecule has 162 valence electrons. The average molecular weight is 443 g/mol. The van der Waals surface area contributed by atoms with E-state index in [4.69, 9.17) is 4.74 Å². The van der Waals surface area contributed by atoms with Crippen molar-refractivity contribution in [2.75, 3.05) is 23.0 Å². The van der Waals surface area contributed by atoms with Gasteiger partial charge in [0.1, 0.15) is 17.5 Å². The zero-order chi connectivity index (χ0) is 22.6. The van der Waals surface area contributed by atoms with E-state index in [1.54, 1.807) is 0 Å². The van der Waals surface area contributed by atoms with Gasteiger partial charge < -0.3 is 10.1 Å². The molecule has 0 aliphatic carbocycles. The van der Waals surface area contributed by atoms with Crippen molar-refractivity contribution in [3.63, 3.8) is 0 Å². The highest BCUT2D eigenvalue weighted by atomic mass is 32.2. The molecule has 0 aliphatic rings. The van der Waals surface area contributed by atoms with Crippen LogP contribution in [0.1, 0.15) is 13.3 Å². The van der Waals surface area contributed by atoms with Crippen LogP contribution >= 0.6 is 0 Å². The molecule has 1 atom stereocenters.